The summed E-state index contributed by atoms with van der Waals surface area (Å²) in [4.78, 5) is 6.88. The molecule has 130 valence electrons. The quantitative estimate of drug-likeness (QED) is 0.437. The Morgan fingerprint density at radius 3 is 2.30 bits per heavy atom. The van der Waals surface area contributed by atoms with Gasteiger partial charge in [-0.15, -0.1) is 24.0 Å². The predicted molar refractivity (Wildman–Crippen MR) is 111 cm³/mol. The molecular weight excluding hydrogens is 399 g/mol. The minimum Gasteiger partial charge on any atom is -0.372 e. The third kappa shape index (κ3) is 6.97. The average molecular weight is 430 g/mol. The van der Waals surface area contributed by atoms with Crippen LogP contribution < -0.4 is 16.0 Å². The van der Waals surface area contributed by atoms with Crippen LogP contribution in [0.5, 0.6) is 0 Å². The van der Waals surface area contributed by atoms with Gasteiger partial charge in [-0.1, -0.05) is 19.1 Å². The van der Waals surface area contributed by atoms with Gasteiger partial charge in [-0.3, -0.25) is 0 Å². The summed E-state index contributed by atoms with van der Waals surface area (Å²) in [5.41, 5.74) is 8.35. The molecule has 0 atom stereocenters. The smallest absolute Gasteiger partial charge is 0.189 e. The van der Waals surface area contributed by atoms with Crippen LogP contribution >= 0.6 is 24.0 Å². The average Bonchev–Trinajstić information content (AvgIpc) is 2.45. The second kappa shape index (κ2) is 8.76. The molecule has 0 saturated carbocycles. The molecule has 1 aliphatic rings. The SMILES string of the molecule is CC1CCN(c2ccc(CN=C(N)NC(C)(C)C)cc2)CC1.I. The lowest BCUT2D eigenvalue weighted by atomic mass is 9.99. The molecule has 1 saturated heterocycles. The lowest BCUT2D eigenvalue weighted by Crippen LogP contribution is -2.44. The van der Waals surface area contributed by atoms with E-state index in [1.54, 1.807) is 0 Å². The highest BCUT2D eigenvalue weighted by molar-refractivity contribution is 14.0. The molecule has 1 heterocycles. The van der Waals surface area contributed by atoms with Gasteiger partial charge >= 0.3 is 0 Å². The second-order valence-electron chi connectivity index (χ2n) is 7.41. The zero-order valence-corrected chi connectivity index (χ0v) is 17.1. The van der Waals surface area contributed by atoms with E-state index in [-0.39, 0.29) is 29.5 Å². The number of halogens is 1. The number of guanidine groups is 1. The number of hydrogen-bond acceptors (Lipinski definition) is 2. The fourth-order valence-corrected chi connectivity index (χ4v) is 2.68. The summed E-state index contributed by atoms with van der Waals surface area (Å²) in [6.07, 6.45) is 2.59. The Hall–Kier alpha value is -0.980. The number of nitrogens with zero attached hydrogens (tertiary/aromatic N) is 2. The standard InChI is InChI=1S/C18H30N4.HI/c1-14-9-11-22(12-10-14)16-7-5-15(6-8-16)13-20-17(19)21-18(2,3)4;/h5-8,14H,9-13H2,1-4H3,(H3,19,20,21);1H. The maximum atomic E-state index is 5.90. The van der Waals surface area contributed by atoms with Gasteiger partial charge in [0.1, 0.15) is 0 Å². The number of anilines is 1. The lowest BCUT2D eigenvalue weighted by molar-refractivity contribution is 0.438. The van der Waals surface area contributed by atoms with E-state index in [1.807, 2.05) is 0 Å². The minimum absolute atomic E-state index is 0. The Morgan fingerprint density at radius 1 is 1.22 bits per heavy atom. The van der Waals surface area contributed by atoms with Crippen molar-refractivity contribution in [2.24, 2.45) is 16.6 Å². The molecule has 5 heteroatoms. The molecule has 0 aromatic heterocycles. The van der Waals surface area contributed by atoms with Gasteiger partial charge in [0.2, 0.25) is 0 Å². The Balaban J connectivity index is 0.00000264. The van der Waals surface area contributed by atoms with Crippen molar-refractivity contribution in [3.8, 4) is 0 Å². The van der Waals surface area contributed by atoms with Crippen LogP contribution in [0.25, 0.3) is 0 Å². The van der Waals surface area contributed by atoms with Gasteiger partial charge in [-0.05, 0) is 57.2 Å². The molecule has 0 unspecified atom stereocenters. The third-order valence-corrected chi connectivity index (χ3v) is 4.02. The Bertz CT molecular complexity index is 497. The fourth-order valence-electron chi connectivity index (χ4n) is 2.68. The molecular formula is C18H31IN4. The molecule has 1 aromatic rings. The fraction of sp³-hybridized carbons (Fsp3) is 0.611. The van der Waals surface area contributed by atoms with Gasteiger partial charge in [0.05, 0.1) is 6.54 Å². The van der Waals surface area contributed by atoms with Crippen molar-refractivity contribution in [2.45, 2.75) is 52.6 Å². The number of nitrogens with two attached hydrogens (primary N) is 1. The van der Waals surface area contributed by atoms with Crippen LogP contribution in [-0.2, 0) is 6.54 Å². The normalized spacial score (nSPS) is 16.9. The molecule has 3 N–H and O–H groups in total. The molecule has 23 heavy (non-hydrogen) atoms. The first kappa shape index (κ1) is 20.1. The molecule has 0 bridgehead atoms. The van der Waals surface area contributed by atoms with Gasteiger partial charge in [0.25, 0.3) is 0 Å². The van der Waals surface area contributed by atoms with Gasteiger partial charge in [0.15, 0.2) is 5.96 Å². The third-order valence-electron chi connectivity index (χ3n) is 4.02. The van der Waals surface area contributed by atoms with Gasteiger partial charge in [-0.25, -0.2) is 4.99 Å². The maximum Gasteiger partial charge on any atom is 0.189 e. The van der Waals surface area contributed by atoms with E-state index in [9.17, 15) is 0 Å². The zero-order chi connectivity index (χ0) is 16.2. The van der Waals surface area contributed by atoms with Gasteiger partial charge in [-0.2, -0.15) is 0 Å². The first-order valence-electron chi connectivity index (χ1n) is 8.25. The van der Waals surface area contributed by atoms with E-state index in [2.05, 4.69) is 67.2 Å². The minimum atomic E-state index is -0.0527. The lowest BCUT2D eigenvalue weighted by Gasteiger charge is -2.32. The summed E-state index contributed by atoms with van der Waals surface area (Å²) >= 11 is 0. The molecule has 0 aliphatic carbocycles. The first-order chi connectivity index (χ1) is 10.3. The second-order valence-corrected chi connectivity index (χ2v) is 7.41. The van der Waals surface area contributed by atoms with Gasteiger partial charge in [0, 0.05) is 24.3 Å². The summed E-state index contributed by atoms with van der Waals surface area (Å²) in [7, 11) is 0. The number of piperidine rings is 1. The maximum absolute atomic E-state index is 5.90. The van der Waals surface area contributed by atoms with E-state index in [0.29, 0.717) is 12.5 Å². The number of nitrogens with one attached hydrogen (secondary N) is 1. The molecule has 4 nitrogen and oxygen atoms in total. The largest absolute Gasteiger partial charge is 0.372 e. The summed E-state index contributed by atoms with van der Waals surface area (Å²) in [6.45, 7) is 11.5. The van der Waals surface area contributed by atoms with Crippen molar-refractivity contribution in [1.82, 2.24) is 5.32 Å². The van der Waals surface area contributed by atoms with Crippen LogP contribution in [0.3, 0.4) is 0 Å². The van der Waals surface area contributed by atoms with Crippen LogP contribution in [0, 0.1) is 5.92 Å². The summed E-state index contributed by atoms with van der Waals surface area (Å²) < 4.78 is 0. The summed E-state index contributed by atoms with van der Waals surface area (Å²) in [6, 6.07) is 8.71. The van der Waals surface area contributed by atoms with Crippen molar-refractivity contribution >= 4 is 35.6 Å². The predicted octanol–water partition coefficient (Wildman–Crippen LogP) is 3.74. The monoisotopic (exact) mass is 430 g/mol. The van der Waals surface area contributed by atoms with Crippen LogP contribution in [0.4, 0.5) is 5.69 Å². The number of aliphatic imine (C=N–C) groups is 1. The van der Waals surface area contributed by atoms with Crippen LogP contribution in [0.2, 0.25) is 0 Å². The van der Waals surface area contributed by atoms with Crippen molar-refractivity contribution in [2.75, 3.05) is 18.0 Å². The topological polar surface area (TPSA) is 53.6 Å². The Labute approximate surface area is 157 Å². The van der Waals surface area contributed by atoms with Crippen LogP contribution in [-0.4, -0.2) is 24.6 Å². The van der Waals surface area contributed by atoms with Gasteiger partial charge < -0.3 is 16.0 Å². The first-order valence-corrected chi connectivity index (χ1v) is 8.25. The Kier molecular flexibility index (Phi) is 7.64. The van der Waals surface area contributed by atoms with Crippen molar-refractivity contribution in [1.29, 1.82) is 0 Å². The molecule has 1 aromatic carbocycles. The van der Waals surface area contributed by atoms with Crippen LogP contribution in [0.15, 0.2) is 29.3 Å². The molecule has 0 spiro atoms. The van der Waals surface area contributed by atoms with Crippen molar-refractivity contribution < 1.29 is 0 Å². The van der Waals surface area contributed by atoms with Crippen molar-refractivity contribution in [3.05, 3.63) is 29.8 Å². The van der Waals surface area contributed by atoms with E-state index >= 15 is 0 Å². The summed E-state index contributed by atoms with van der Waals surface area (Å²) in [5.74, 6) is 1.37. The van der Waals surface area contributed by atoms with E-state index in [1.165, 1.54) is 37.2 Å². The highest BCUT2D eigenvalue weighted by Crippen LogP contribution is 2.23. The van der Waals surface area contributed by atoms with Crippen molar-refractivity contribution in [3.63, 3.8) is 0 Å². The van der Waals surface area contributed by atoms with E-state index < -0.39 is 0 Å². The summed E-state index contributed by atoms with van der Waals surface area (Å²) in [5, 5.41) is 3.18. The van der Waals surface area contributed by atoms with E-state index in [0.717, 1.165) is 5.92 Å². The highest BCUT2D eigenvalue weighted by atomic mass is 127. The molecule has 1 aliphatic heterocycles. The zero-order valence-electron chi connectivity index (χ0n) is 14.8. The molecule has 1 fully saturated rings. The van der Waals surface area contributed by atoms with Crippen LogP contribution in [0.1, 0.15) is 46.1 Å². The molecule has 0 radical (unpaired) electrons. The number of benzene rings is 1. The van der Waals surface area contributed by atoms with E-state index in [4.69, 9.17) is 5.73 Å². The molecule has 2 rings (SSSR count). The Morgan fingerprint density at radius 2 is 1.78 bits per heavy atom. The number of hydrogen-bond donors (Lipinski definition) is 2. The highest BCUT2D eigenvalue weighted by Gasteiger charge is 2.15. The number of rotatable bonds is 3. The molecule has 0 amide bonds.